The highest BCUT2D eigenvalue weighted by atomic mass is 32.1. The van der Waals surface area contributed by atoms with Crippen molar-refractivity contribution in [3.05, 3.63) is 62.9 Å². The van der Waals surface area contributed by atoms with Crippen LogP contribution in [0.15, 0.2) is 36.4 Å². The summed E-state index contributed by atoms with van der Waals surface area (Å²) in [6.07, 6.45) is 8.45. The molecule has 1 heterocycles. The predicted octanol–water partition coefficient (Wildman–Crippen LogP) is 5.41. The molecule has 0 saturated carbocycles. The highest BCUT2D eigenvalue weighted by Gasteiger charge is 2.04. The summed E-state index contributed by atoms with van der Waals surface area (Å²) < 4.78 is 5.14. The molecule has 0 aliphatic carbocycles. The Morgan fingerprint density at radius 2 is 1.55 bits per heavy atom. The molecule has 0 amide bonds. The zero-order chi connectivity index (χ0) is 14.5. The maximum absolute atomic E-state index is 5.14. The van der Waals surface area contributed by atoms with Crippen molar-refractivity contribution in [1.82, 2.24) is 0 Å². The van der Waals surface area contributed by atoms with Gasteiger partial charge in [-0.1, -0.05) is 30.4 Å². The van der Waals surface area contributed by atoms with Crippen LogP contribution in [-0.2, 0) is 0 Å². The average molecular weight is 284 g/mol. The molecule has 0 aliphatic heterocycles. The highest BCUT2D eigenvalue weighted by Crippen LogP contribution is 2.27. The number of ether oxygens (including phenoxy) is 1. The van der Waals surface area contributed by atoms with Crippen LogP contribution < -0.4 is 4.74 Å². The van der Waals surface area contributed by atoms with E-state index in [1.165, 1.54) is 26.4 Å². The largest absolute Gasteiger partial charge is 0.497 e. The van der Waals surface area contributed by atoms with E-state index in [0.29, 0.717) is 0 Å². The number of hydrogen-bond acceptors (Lipinski definition) is 2. The Balaban J connectivity index is 2.04. The Bertz CT molecular complexity index is 630. The predicted molar refractivity (Wildman–Crippen MR) is 89.6 cm³/mol. The van der Waals surface area contributed by atoms with Crippen LogP contribution in [-0.4, -0.2) is 7.11 Å². The fraction of sp³-hybridized carbons (Fsp3) is 0.222. The van der Waals surface area contributed by atoms with Crippen LogP contribution in [0, 0.1) is 20.8 Å². The SMILES string of the molecule is COc1ccc(C=CC=Cc2sc(C)c(C)c2C)cc1. The minimum atomic E-state index is 0.887. The van der Waals surface area contributed by atoms with E-state index in [2.05, 4.69) is 45.1 Å². The van der Waals surface area contributed by atoms with E-state index >= 15 is 0 Å². The number of benzene rings is 1. The standard InChI is InChI=1S/C18H20OS/c1-13-14(2)18(20-15(13)3)8-6-5-7-16-9-11-17(19-4)12-10-16/h5-12H,1-4H3. The first-order valence-corrected chi connectivity index (χ1v) is 7.49. The van der Waals surface area contributed by atoms with Crippen LogP contribution in [0.4, 0.5) is 0 Å². The highest BCUT2D eigenvalue weighted by molar-refractivity contribution is 7.13. The molecule has 0 saturated heterocycles. The summed E-state index contributed by atoms with van der Waals surface area (Å²) in [6, 6.07) is 8.04. The molecule has 1 aromatic carbocycles. The topological polar surface area (TPSA) is 9.23 Å². The number of hydrogen-bond donors (Lipinski definition) is 0. The van der Waals surface area contributed by atoms with Crippen LogP contribution in [0.25, 0.3) is 12.2 Å². The molecule has 0 spiro atoms. The van der Waals surface area contributed by atoms with Gasteiger partial charge in [-0.15, -0.1) is 11.3 Å². The van der Waals surface area contributed by atoms with Crippen LogP contribution >= 0.6 is 11.3 Å². The molecule has 0 radical (unpaired) electrons. The molecule has 0 unspecified atom stereocenters. The lowest BCUT2D eigenvalue weighted by Crippen LogP contribution is -1.81. The third-order valence-corrected chi connectivity index (χ3v) is 4.76. The number of thiophene rings is 1. The van der Waals surface area contributed by atoms with Crippen LogP contribution in [0.1, 0.15) is 26.4 Å². The molecule has 2 aromatic rings. The molecule has 104 valence electrons. The normalized spacial score (nSPS) is 11.6. The quantitative estimate of drug-likeness (QED) is 0.682. The Kier molecular flexibility index (Phi) is 4.80. The summed E-state index contributed by atoms with van der Waals surface area (Å²) in [5, 5.41) is 0. The van der Waals surface area contributed by atoms with Crippen LogP contribution in [0.5, 0.6) is 5.75 Å². The molecule has 0 fully saturated rings. The summed E-state index contributed by atoms with van der Waals surface area (Å²) >= 11 is 1.85. The summed E-state index contributed by atoms with van der Waals surface area (Å²) in [6.45, 7) is 6.55. The molecule has 0 N–H and O–H groups in total. The number of allylic oxidation sites excluding steroid dienone is 2. The summed E-state index contributed by atoms with van der Waals surface area (Å²) in [5.74, 6) is 0.887. The fourth-order valence-electron chi connectivity index (χ4n) is 1.95. The second-order valence-corrected chi connectivity index (χ2v) is 6.02. The van der Waals surface area contributed by atoms with Gasteiger partial charge in [-0.3, -0.25) is 0 Å². The van der Waals surface area contributed by atoms with E-state index in [1.54, 1.807) is 7.11 Å². The van der Waals surface area contributed by atoms with Crippen molar-refractivity contribution >= 4 is 23.5 Å². The summed E-state index contributed by atoms with van der Waals surface area (Å²) in [7, 11) is 1.68. The van der Waals surface area contributed by atoms with E-state index in [-0.39, 0.29) is 0 Å². The van der Waals surface area contributed by atoms with Crippen molar-refractivity contribution in [2.24, 2.45) is 0 Å². The molecule has 0 atom stereocenters. The van der Waals surface area contributed by atoms with Gasteiger partial charge in [0.05, 0.1) is 7.11 Å². The smallest absolute Gasteiger partial charge is 0.118 e. The maximum atomic E-state index is 5.14. The Labute approximate surface area is 125 Å². The van der Waals surface area contributed by atoms with Gasteiger partial charge in [-0.25, -0.2) is 0 Å². The zero-order valence-corrected chi connectivity index (χ0v) is 13.3. The fourth-order valence-corrected chi connectivity index (χ4v) is 3.04. The molecule has 2 rings (SSSR count). The lowest BCUT2D eigenvalue weighted by Gasteiger charge is -1.98. The Morgan fingerprint density at radius 1 is 0.900 bits per heavy atom. The maximum Gasteiger partial charge on any atom is 0.118 e. The summed E-state index contributed by atoms with van der Waals surface area (Å²) in [5.41, 5.74) is 3.97. The number of rotatable bonds is 4. The number of aryl methyl sites for hydroxylation is 1. The minimum Gasteiger partial charge on any atom is -0.497 e. The van der Waals surface area contributed by atoms with E-state index in [0.717, 1.165) is 5.75 Å². The second-order valence-electron chi connectivity index (χ2n) is 4.76. The van der Waals surface area contributed by atoms with Crippen molar-refractivity contribution < 1.29 is 4.74 Å². The third-order valence-electron chi connectivity index (χ3n) is 3.49. The monoisotopic (exact) mass is 284 g/mol. The first-order chi connectivity index (χ1) is 9.61. The first-order valence-electron chi connectivity index (χ1n) is 6.67. The Hall–Kier alpha value is -1.80. The lowest BCUT2D eigenvalue weighted by molar-refractivity contribution is 0.415. The molecule has 0 bridgehead atoms. The molecule has 2 heteroatoms. The minimum absolute atomic E-state index is 0.887. The van der Waals surface area contributed by atoms with Crippen molar-refractivity contribution in [1.29, 1.82) is 0 Å². The molecule has 0 aliphatic rings. The van der Waals surface area contributed by atoms with Gasteiger partial charge < -0.3 is 4.74 Å². The average Bonchev–Trinajstić information content (AvgIpc) is 2.71. The summed E-state index contributed by atoms with van der Waals surface area (Å²) in [4.78, 5) is 2.75. The van der Waals surface area contributed by atoms with Crippen molar-refractivity contribution in [2.45, 2.75) is 20.8 Å². The van der Waals surface area contributed by atoms with E-state index in [9.17, 15) is 0 Å². The third kappa shape index (κ3) is 3.40. The Morgan fingerprint density at radius 3 is 2.10 bits per heavy atom. The van der Waals surface area contributed by atoms with Gasteiger partial charge in [0.1, 0.15) is 5.75 Å². The molecule has 1 nitrogen and oxygen atoms in total. The lowest BCUT2D eigenvalue weighted by atomic mass is 10.1. The molecule has 1 aromatic heterocycles. The van der Waals surface area contributed by atoms with Gasteiger partial charge in [-0.05, 0) is 55.7 Å². The molecular formula is C18H20OS. The van der Waals surface area contributed by atoms with Crippen molar-refractivity contribution in [3.8, 4) is 5.75 Å². The van der Waals surface area contributed by atoms with Crippen LogP contribution in [0.3, 0.4) is 0 Å². The van der Waals surface area contributed by atoms with E-state index < -0.39 is 0 Å². The molecule has 20 heavy (non-hydrogen) atoms. The zero-order valence-electron chi connectivity index (χ0n) is 12.4. The second kappa shape index (κ2) is 6.58. The number of methoxy groups -OCH3 is 1. The van der Waals surface area contributed by atoms with E-state index in [4.69, 9.17) is 4.74 Å². The molecular weight excluding hydrogens is 264 g/mol. The van der Waals surface area contributed by atoms with Gasteiger partial charge >= 0.3 is 0 Å². The van der Waals surface area contributed by atoms with Gasteiger partial charge in [-0.2, -0.15) is 0 Å². The van der Waals surface area contributed by atoms with Gasteiger partial charge in [0.25, 0.3) is 0 Å². The van der Waals surface area contributed by atoms with Crippen LogP contribution in [0.2, 0.25) is 0 Å². The van der Waals surface area contributed by atoms with Gasteiger partial charge in [0.15, 0.2) is 0 Å². The van der Waals surface area contributed by atoms with E-state index in [1.807, 2.05) is 35.6 Å². The van der Waals surface area contributed by atoms with Crippen molar-refractivity contribution in [3.63, 3.8) is 0 Å². The van der Waals surface area contributed by atoms with Gasteiger partial charge in [0.2, 0.25) is 0 Å². The van der Waals surface area contributed by atoms with Gasteiger partial charge in [0, 0.05) is 9.75 Å². The van der Waals surface area contributed by atoms with Crippen molar-refractivity contribution in [2.75, 3.05) is 7.11 Å². The first kappa shape index (κ1) is 14.6.